The van der Waals surface area contributed by atoms with Crippen LogP contribution >= 0.6 is 11.6 Å². The zero-order valence-electron chi connectivity index (χ0n) is 18.2. The van der Waals surface area contributed by atoms with E-state index in [2.05, 4.69) is 5.32 Å². The Bertz CT molecular complexity index is 870. The molecule has 1 amide bonds. The van der Waals surface area contributed by atoms with E-state index in [1.54, 1.807) is 12.1 Å². The minimum absolute atomic E-state index is 0.120. The summed E-state index contributed by atoms with van der Waals surface area (Å²) in [5.74, 6) is -1.14. The summed E-state index contributed by atoms with van der Waals surface area (Å²) in [4.78, 5) is 36.1. The van der Waals surface area contributed by atoms with Gasteiger partial charge in [-0.1, -0.05) is 67.9 Å². The van der Waals surface area contributed by atoms with Gasteiger partial charge in [-0.05, 0) is 42.0 Å². The van der Waals surface area contributed by atoms with E-state index >= 15 is 0 Å². The molecule has 0 aliphatic carbocycles. The maximum Gasteiger partial charge on any atom is 0.408 e. The lowest BCUT2D eigenvalue weighted by molar-refractivity contribution is -0.147. The van der Waals surface area contributed by atoms with Gasteiger partial charge in [-0.2, -0.15) is 0 Å². The predicted molar refractivity (Wildman–Crippen MR) is 120 cm³/mol. The molecule has 0 aliphatic rings. The van der Waals surface area contributed by atoms with Gasteiger partial charge in [0, 0.05) is 0 Å². The first-order valence-electron chi connectivity index (χ1n) is 10.4. The number of carbonyl (C=O) groups is 3. The van der Waals surface area contributed by atoms with Gasteiger partial charge in [-0.15, -0.1) is 0 Å². The van der Waals surface area contributed by atoms with Crippen LogP contribution in [0.25, 0.3) is 0 Å². The first-order valence-corrected chi connectivity index (χ1v) is 10.9. The topological polar surface area (TPSA) is 90.9 Å². The quantitative estimate of drug-likeness (QED) is 0.230. The molecule has 0 bridgehead atoms. The van der Waals surface area contributed by atoms with Gasteiger partial charge < -0.3 is 19.5 Å². The van der Waals surface area contributed by atoms with Crippen molar-refractivity contribution in [1.29, 1.82) is 0 Å². The number of alkyl halides is 1. The minimum Gasteiger partial charge on any atom is -0.464 e. The number of carbonyl (C=O) groups excluding carboxylic acids is 3. The van der Waals surface area contributed by atoms with Crippen molar-refractivity contribution in [2.75, 3.05) is 12.7 Å². The summed E-state index contributed by atoms with van der Waals surface area (Å²) in [5.41, 5.74) is 2.27. The van der Waals surface area contributed by atoms with Crippen LogP contribution in [0.3, 0.4) is 0 Å². The van der Waals surface area contributed by atoms with Gasteiger partial charge in [0.15, 0.2) is 6.07 Å². The highest BCUT2D eigenvalue weighted by Gasteiger charge is 2.26. The Morgan fingerprint density at radius 1 is 0.906 bits per heavy atom. The number of alkyl carbamates (subject to hydrolysis) is 1. The van der Waals surface area contributed by atoms with E-state index in [-0.39, 0.29) is 25.2 Å². The number of ether oxygens (including phenoxy) is 3. The molecular weight excluding hydrogens is 434 g/mol. The second-order valence-corrected chi connectivity index (χ2v) is 7.65. The first kappa shape index (κ1) is 25.2. The van der Waals surface area contributed by atoms with Crippen LogP contribution in [0.5, 0.6) is 0 Å². The van der Waals surface area contributed by atoms with Crippen LogP contribution in [-0.4, -0.2) is 36.7 Å². The number of amides is 1. The van der Waals surface area contributed by atoms with Gasteiger partial charge in [-0.3, -0.25) is 0 Å². The van der Waals surface area contributed by atoms with E-state index in [0.29, 0.717) is 18.4 Å². The van der Waals surface area contributed by atoms with Crippen molar-refractivity contribution in [3.05, 3.63) is 71.3 Å². The Kier molecular flexibility index (Phi) is 10.5. The average Bonchev–Trinajstić information content (AvgIpc) is 2.79. The normalized spacial score (nSPS) is 11.5. The Hall–Kier alpha value is -3.06. The molecular formula is C24H28ClNO6. The maximum atomic E-state index is 12.4. The molecule has 0 unspecified atom stereocenters. The first-order chi connectivity index (χ1) is 15.4. The van der Waals surface area contributed by atoms with Crippen LogP contribution in [0.4, 0.5) is 4.79 Å². The third kappa shape index (κ3) is 8.59. The van der Waals surface area contributed by atoms with Gasteiger partial charge in [0.1, 0.15) is 12.6 Å². The molecule has 0 aliphatic heterocycles. The fraction of sp³-hybridized carbons (Fsp3) is 0.375. The van der Waals surface area contributed by atoms with Crippen molar-refractivity contribution in [3.63, 3.8) is 0 Å². The fourth-order valence-corrected chi connectivity index (χ4v) is 2.97. The van der Waals surface area contributed by atoms with E-state index in [0.717, 1.165) is 11.1 Å². The SMILES string of the molecule is CC(C)[C@H](NC(=O)OCc1ccccc1)C(=O)OCCCc1ccc(C(=O)OCCl)cc1. The standard InChI is InChI=1S/C24H28ClNO6/c1-17(2)21(26-24(29)31-15-19-7-4-3-5-8-19)23(28)30-14-6-9-18-10-12-20(13-11-18)22(27)32-16-25/h3-5,7-8,10-13,17,21H,6,9,14-16H2,1-2H3,(H,26,29)/t21-/m0/s1. The molecule has 0 radical (unpaired) electrons. The second-order valence-electron chi connectivity index (χ2n) is 7.44. The molecule has 0 aromatic heterocycles. The lowest BCUT2D eigenvalue weighted by Gasteiger charge is -2.20. The second kappa shape index (κ2) is 13.4. The smallest absolute Gasteiger partial charge is 0.408 e. The number of hydrogen-bond acceptors (Lipinski definition) is 6. The summed E-state index contributed by atoms with van der Waals surface area (Å²) in [6.07, 6.45) is 0.592. The van der Waals surface area contributed by atoms with Crippen LogP contribution in [0.1, 0.15) is 41.8 Å². The molecule has 7 nitrogen and oxygen atoms in total. The number of hydrogen-bond donors (Lipinski definition) is 1. The van der Waals surface area contributed by atoms with Crippen LogP contribution in [-0.2, 0) is 32.0 Å². The molecule has 0 saturated carbocycles. The summed E-state index contributed by atoms with van der Waals surface area (Å²) in [6.45, 7) is 3.97. The molecule has 0 heterocycles. The Labute approximate surface area is 193 Å². The number of esters is 2. The fourth-order valence-electron chi connectivity index (χ4n) is 2.87. The van der Waals surface area contributed by atoms with Crippen LogP contribution in [0.15, 0.2) is 54.6 Å². The summed E-state index contributed by atoms with van der Waals surface area (Å²) in [6, 6.07) is 15.2. The molecule has 2 aromatic carbocycles. The largest absolute Gasteiger partial charge is 0.464 e. The third-order valence-electron chi connectivity index (χ3n) is 4.64. The summed E-state index contributed by atoms with van der Waals surface area (Å²) >= 11 is 5.38. The van der Waals surface area contributed by atoms with Gasteiger partial charge in [-0.25, -0.2) is 14.4 Å². The summed E-state index contributed by atoms with van der Waals surface area (Å²) in [5, 5.41) is 2.58. The highest BCUT2D eigenvalue weighted by molar-refractivity contribution is 6.17. The molecule has 8 heteroatoms. The van der Waals surface area contributed by atoms with Crippen molar-refractivity contribution < 1.29 is 28.6 Å². The Morgan fingerprint density at radius 3 is 2.22 bits per heavy atom. The van der Waals surface area contributed by atoms with Gasteiger partial charge >= 0.3 is 18.0 Å². The maximum absolute atomic E-state index is 12.4. The lowest BCUT2D eigenvalue weighted by atomic mass is 10.1. The number of nitrogens with one attached hydrogen (secondary N) is 1. The molecule has 0 saturated heterocycles. The van der Waals surface area contributed by atoms with Crippen LogP contribution in [0, 0.1) is 5.92 Å². The van der Waals surface area contributed by atoms with E-state index in [1.165, 1.54) is 0 Å². The van der Waals surface area contributed by atoms with Crippen molar-refractivity contribution in [3.8, 4) is 0 Å². The molecule has 0 spiro atoms. The van der Waals surface area contributed by atoms with E-state index in [9.17, 15) is 14.4 Å². The number of rotatable bonds is 11. The predicted octanol–water partition coefficient (Wildman–Crippen LogP) is 4.47. The molecule has 172 valence electrons. The Balaban J connectivity index is 1.74. The number of benzene rings is 2. The van der Waals surface area contributed by atoms with Crippen molar-refractivity contribution in [2.24, 2.45) is 5.92 Å². The Morgan fingerprint density at radius 2 is 1.59 bits per heavy atom. The van der Waals surface area contributed by atoms with E-state index in [1.807, 2.05) is 56.3 Å². The molecule has 1 atom stereocenters. The summed E-state index contributed by atoms with van der Waals surface area (Å²) in [7, 11) is 0. The molecule has 0 fully saturated rings. The molecule has 2 rings (SSSR count). The molecule has 1 N–H and O–H groups in total. The molecule has 2 aromatic rings. The van der Waals surface area contributed by atoms with Crippen LogP contribution < -0.4 is 5.32 Å². The van der Waals surface area contributed by atoms with E-state index in [4.69, 9.17) is 25.8 Å². The van der Waals surface area contributed by atoms with Crippen molar-refractivity contribution in [1.82, 2.24) is 5.32 Å². The zero-order chi connectivity index (χ0) is 23.3. The minimum atomic E-state index is -0.800. The highest BCUT2D eigenvalue weighted by atomic mass is 35.5. The number of aryl methyl sites for hydroxylation is 1. The summed E-state index contributed by atoms with van der Waals surface area (Å²) < 4.78 is 15.3. The zero-order valence-corrected chi connectivity index (χ0v) is 19.0. The van der Waals surface area contributed by atoms with Gasteiger partial charge in [0.05, 0.1) is 12.2 Å². The monoisotopic (exact) mass is 461 g/mol. The third-order valence-corrected chi connectivity index (χ3v) is 4.75. The average molecular weight is 462 g/mol. The highest BCUT2D eigenvalue weighted by Crippen LogP contribution is 2.10. The van der Waals surface area contributed by atoms with Gasteiger partial charge in [0.2, 0.25) is 0 Å². The van der Waals surface area contributed by atoms with Crippen LogP contribution in [0.2, 0.25) is 0 Å². The number of halogens is 1. The van der Waals surface area contributed by atoms with E-state index < -0.39 is 24.1 Å². The molecule has 32 heavy (non-hydrogen) atoms. The van der Waals surface area contributed by atoms with Crippen molar-refractivity contribution >= 4 is 29.6 Å². The van der Waals surface area contributed by atoms with Crippen molar-refractivity contribution in [2.45, 2.75) is 39.3 Å². The lowest BCUT2D eigenvalue weighted by Crippen LogP contribution is -2.45. The van der Waals surface area contributed by atoms with Gasteiger partial charge in [0.25, 0.3) is 0 Å².